The van der Waals surface area contributed by atoms with Crippen molar-refractivity contribution in [3.05, 3.63) is 12.7 Å². The van der Waals surface area contributed by atoms with E-state index in [-0.39, 0.29) is 24.0 Å². The highest BCUT2D eigenvalue weighted by Gasteiger charge is 2.33. The van der Waals surface area contributed by atoms with E-state index in [0.29, 0.717) is 13.0 Å². The summed E-state index contributed by atoms with van der Waals surface area (Å²) < 4.78 is 0. The summed E-state index contributed by atoms with van der Waals surface area (Å²) in [5.41, 5.74) is 0.0584. The summed E-state index contributed by atoms with van der Waals surface area (Å²) >= 11 is 0. The lowest BCUT2D eigenvalue weighted by Gasteiger charge is -2.28. The molecule has 2 N–H and O–H groups in total. The van der Waals surface area contributed by atoms with Gasteiger partial charge in [-0.25, -0.2) is 0 Å². The first-order valence-corrected chi connectivity index (χ1v) is 5.74. The summed E-state index contributed by atoms with van der Waals surface area (Å²) in [6.07, 6.45) is 2.22. The Morgan fingerprint density at radius 1 is 1.69 bits per heavy atom. The molecule has 0 aromatic rings. The topological polar surface area (TPSA) is 52.6 Å². The van der Waals surface area contributed by atoms with Gasteiger partial charge in [0.2, 0.25) is 5.91 Å². The van der Waals surface area contributed by atoms with Crippen LogP contribution in [0.15, 0.2) is 12.7 Å². The largest absolute Gasteiger partial charge is 0.396 e. The second-order valence-electron chi connectivity index (χ2n) is 5.12. The molecule has 0 spiro atoms. The van der Waals surface area contributed by atoms with Gasteiger partial charge in [-0.15, -0.1) is 6.58 Å². The minimum Gasteiger partial charge on any atom is -0.396 e. The Labute approximate surface area is 97.3 Å². The lowest BCUT2D eigenvalue weighted by molar-refractivity contribution is -0.133. The van der Waals surface area contributed by atoms with Crippen LogP contribution in [-0.2, 0) is 4.79 Å². The molecule has 1 saturated heterocycles. The van der Waals surface area contributed by atoms with Gasteiger partial charge >= 0.3 is 0 Å². The number of carbonyl (C=O) groups excluding carboxylic acids is 1. The molecule has 1 aliphatic heterocycles. The standard InChI is InChI=1S/C12H22N2O2/c1-4-6-14-9-12(2,3)8-13-10(5-7-15)11(14)16/h4,10,13,15H,1,5-9H2,2-3H3. The van der Waals surface area contributed by atoms with E-state index in [4.69, 9.17) is 5.11 Å². The minimum absolute atomic E-state index is 0.0335. The Bertz CT molecular complexity index is 264. The third kappa shape index (κ3) is 3.32. The zero-order valence-electron chi connectivity index (χ0n) is 10.2. The fourth-order valence-corrected chi connectivity index (χ4v) is 2.02. The van der Waals surface area contributed by atoms with Crippen LogP contribution in [0.25, 0.3) is 0 Å². The molecular weight excluding hydrogens is 204 g/mol. The summed E-state index contributed by atoms with van der Waals surface area (Å²) in [5.74, 6) is 0.0690. The summed E-state index contributed by atoms with van der Waals surface area (Å²) in [6, 6.07) is -0.258. The molecule has 16 heavy (non-hydrogen) atoms. The summed E-state index contributed by atoms with van der Waals surface area (Å²) in [7, 11) is 0. The Morgan fingerprint density at radius 3 is 2.94 bits per heavy atom. The summed E-state index contributed by atoms with van der Waals surface area (Å²) in [5, 5.41) is 12.2. The number of nitrogens with one attached hydrogen (secondary N) is 1. The van der Waals surface area contributed by atoms with Crippen molar-refractivity contribution >= 4 is 5.91 Å². The van der Waals surface area contributed by atoms with Gasteiger partial charge in [0.25, 0.3) is 0 Å². The molecule has 1 heterocycles. The van der Waals surface area contributed by atoms with Crippen molar-refractivity contribution in [2.75, 3.05) is 26.2 Å². The number of nitrogens with zero attached hydrogens (tertiary/aromatic N) is 1. The molecule has 1 amide bonds. The maximum atomic E-state index is 12.1. The van der Waals surface area contributed by atoms with E-state index in [0.717, 1.165) is 13.1 Å². The van der Waals surface area contributed by atoms with Crippen molar-refractivity contribution in [1.29, 1.82) is 0 Å². The van der Waals surface area contributed by atoms with E-state index in [9.17, 15) is 4.79 Å². The van der Waals surface area contributed by atoms with Crippen molar-refractivity contribution < 1.29 is 9.90 Å². The lowest BCUT2D eigenvalue weighted by atomic mass is 9.93. The van der Waals surface area contributed by atoms with E-state index < -0.39 is 0 Å². The van der Waals surface area contributed by atoms with Crippen molar-refractivity contribution in [2.24, 2.45) is 5.41 Å². The smallest absolute Gasteiger partial charge is 0.240 e. The molecule has 4 nitrogen and oxygen atoms in total. The molecule has 0 aromatic carbocycles. The first-order valence-electron chi connectivity index (χ1n) is 5.74. The van der Waals surface area contributed by atoms with Gasteiger partial charge in [-0.1, -0.05) is 19.9 Å². The second kappa shape index (κ2) is 5.46. The van der Waals surface area contributed by atoms with E-state index in [1.807, 2.05) is 4.90 Å². The van der Waals surface area contributed by atoms with E-state index in [2.05, 4.69) is 25.7 Å². The third-order valence-corrected chi connectivity index (χ3v) is 2.82. The molecule has 1 fully saturated rings. The summed E-state index contributed by atoms with van der Waals surface area (Å²) in [6.45, 7) is 10.1. The predicted molar refractivity (Wildman–Crippen MR) is 64.1 cm³/mol. The Balaban J connectivity index is 2.79. The monoisotopic (exact) mass is 226 g/mol. The molecule has 92 valence electrons. The fraction of sp³-hybridized carbons (Fsp3) is 0.750. The van der Waals surface area contributed by atoms with Gasteiger partial charge in [-0.05, 0) is 11.8 Å². The fourth-order valence-electron chi connectivity index (χ4n) is 2.02. The Hall–Kier alpha value is -0.870. The van der Waals surface area contributed by atoms with E-state index >= 15 is 0 Å². The van der Waals surface area contributed by atoms with E-state index in [1.54, 1.807) is 6.08 Å². The van der Waals surface area contributed by atoms with Crippen LogP contribution in [0.4, 0.5) is 0 Å². The molecule has 1 atom stereocenters. The maximum Gasteiger partial charge on any atom is 0.240 e. The van der Waals surface area contributed by atoms with Crippen LogP contribution in [0.3, 0.4) is 0 Å². The van der Waals surface area contributed by atoms with Gasteiger partial charge in [-0.2, -0.15) is 0 Å². The number of carbonyl (C=O) groups is 1. The minimum atomic E-state index is -0.258. The summed E-state index contributed by atoms with van der Waals surface area (Å²) in [4.78, 5) is 13.9. The first kappa shape index (κ1) is 13.2. The molecule has 1 aliphatic rings. The van der Waals surface area contributed by atoms with Crippen LogP contribution in [0, 0.1) is 5.41 Å². The SMILES string of the molecule is C=CCN1CC(C)(C)CNC(CCO)C1=O. The second-order valence-corrected chi connectivity index (χ2v) is 5.12. The zero-order valence-corrected chi connectivity index (χ0v) is 10.2. The van der Waals surface area contributed by atoms with Gasteiger partial charge in [0.15, 0.2) is 0 Å². The third-order valence-electron chi connectivity index (χ3n) is 2.82. The van der Waals surface area contributed by atoms with Crippen LogP contribution in [0.5, 0.6) is 0 Å². The van der Waals surface area contributed by atoms with Gasteiger partial charge in [0.1, 0.15) is 0 Å². The van der Waals surface area contributed by atoms with Crippen LogP contribution in [0.1, 0.15) is 20.3 Å². The molecule has 1 rings (SSSR count). The molecule has 0 aromatic heterocycles. The molecule has 1 unspecified atom stereocenters. The number of hydrogen-bond acceptors (Lipinski definition) is 3. The predicted octanol–water partition coefficient (Wildman–Crippen LogP) is 0.381. The molecule has 0 radical (unpaired) electrons. The molecule has 0 aliphatic carbocycles. The van der Waals surface area contributed by atoms with Crippen molar-refractivity contribution in [2.45, 2.75) is 26.3 Å². The number of amides is 1. The number of aliphatic hydroxyl groups excluding tert-OH is 1. The molecule has 0 saturated carbocycles. The molecule has 4 heteroatoms. The number of aliphatic hydroxyl groups is 1. The number of hydrogen-bond donors (Lipinski definition) is 2. The van der Waals surface area contributed by atoms with Crippen molar-refractivity contribution in [3.8, 4) is 0 Å². The van der Waals surface area contributed by atoms with Crippen LogP contribution < -0.4 is 5.32 Å². The van der Waals surface area contributed by atoms with Crippen LogP contribution in [0.2, 0.25) is 0 Å². The van der Waals surface area contributed by atoms with Gasteiger partial charge in [-0.3, -0.25) is 4.79 Å². The number of rotatable bonds is 4. The van der Waals surface area contributed by atoms with Gasteiger partial charge < -0.3 is 15.3 Å². The molecule has 0 bridgehead atoms. The lowest BCUT2D eigenvalue weighted by Crippen LogP contribution is -2.44. The van der Waals surface area contributed by atoms with Crippen molar-refractivity contribution in [3.63, 3.8) is 0 Å². The van der Waals surface area contributed by atoms with E-state index in [1.165, 1.54) is 0 Å². The average molecular weight is 226 g/mol. The molecular formula is C12H22N2O2. The van der Waals surface area contributed by atoms with Crippen LogP contribution >= 0.6 is 0 Å². The van der Waals surface area contributed by atoms with Gasteiger partial charge in [0, 0.05) is 26.2 Å². The Kier molecular flexibility index (Phi) is 4.50. The average Bonchev–Trinajstić information content (AvgIpc) is 2.31. The van der Waals surface area contributed by atoms with Crippen molar-refractivity contribution in [1.82, 2.24) is 10.2 Å². The maximum absolute atomic E-state index is 12.1. The quantitative estimate of drug-likeness (QED) is 0.681. The van der Waals surface area contributed by atoms with Crippen LogP contribution in [-0.4, -0.2) is 48.2 Å². The highest BCUT2D eigenvalue weighted by Crippen LogP contribution is 2.20. The highest BCUT2D eigenvalue weighted by atomic mass is 16.3. The first-order chi connectivity index (χ1) is 7.50. The normalized spacial score (nSPS) is 25.3. The Morgan fingerprint density at radius 2 is 2.38 bits per heavy atom. The van der Waals surface area contributed by atoms with Gasteiger partial charge in [0.05, 0.1) is 6.04 Å². The highest BCUT2D eigenvalue weighted by molar-refractivity contribution is 5.82. The zero-order chi connectivity index (χ0) is 12.2.